The highest BCUT2D eigenvalue weighted by Gasteiger charge is 2.33. The van der Waals surface area contributed by atoms with Crippen LogP contribution < -0.4 is 10.6 Å². The second-order valence-electron chi connectivity index (χ2n) is 6.44. The Bertz CT molecular complexity index is 603. The number of hydrogen-bond donors (Lipinski definition) is 2. The fourth-order valence-corrected chi connectivity index (χ4v) is 4.77. The Kier molecular flexibility index (Phi) is 3.82. The van der Waals surface area contributed by atoms with Crippen LogP contribution >= 0.6 is 11.3 Å². The molecule has 1 saturated carbocycles. The molecule has 0 bridgehead atoms. The summed E-state index contributed by atoms with van der Waals surface area (Å²) in [6.45, 7) is 1.21. The van der Waals surface area contributed by atoms with Crippen LogP contribution in [0, 0.1) is 5.92 Å². The third-order valence-corrected chi connectivity index (χ3v) is 5.91. The fraction of sp³-hybridized carbons (Fsp3) is 0.588. The first-order valence-corrected chi connectivity index (χ1v) is 9.11. The van der Waals surface area contributed by atoms with E-state index < -0.39 is 0 Å². The van der Waals surface area contributed by atoms with Gasteiger partial charge in [-0.3, -0.25) is 0 Å². The van der Waals surface area contributed by atoms with Crippen molar-refractivity contribution in [2.75, 3.05) is 11.9 Å². The van der Waals surface area contributed by atoms with Gasteiger partial charge in [-0.25, -0.2) is 4.98 Å². The molecule has 1 aromatic heterocycles. The van der Waals surface area contributed by atoms with E-state index in [0.29, 0.717) is 6.04 Å². The van der Waals surface area contributed by atoms with Crippen molar-refractivity contribution in [1.82, 2.24) is 10.3 Å². The smallest absolute Gasteiger partial charge is 0.0813 e. The monoisotopic (exact) mass is 301 g/mol. The predicted octanol–water partition coefficient (Wildman–Crippen LogP) is 4.02. The molecule has 4 heteroatoms. The normalized spacial score (nSPS) is 29.8. The molecule has 2 fully saturated rings. The van der Waals surface area contributed by atoms with E-state index in [-0.39, 0.29) is 0 Å². The van der Waals surface area contributed by atoms with E-state index in [4.69, 9.17) is 0 Å². The fourth-order valence-electron chi connectivity index (χ4n) is 4.06. The van der Waals surface area contributed by atoms with E-state index in [1.54, 1.807) is 11.3 Å². The molecule has 0 spiro atoms. The standard InChI is InChI=1S/C17H23N3S/c1-2-5-15(13(4-1)14-6-3-9-18-14)20-12-7-8-16-17(10-12)21-11-19-16/h7-8,10-11,13-15,18,20H,1-6,9H2. The number of benzene rings is 1. The van der Waals surface area contributed by atoms with E-state index in [9.17, 15) is 0 Å². The van der Waals surface area contributed by atoms with Gasteiger partial charge in [-0.1, -0.05) is 12.8 Å². The first kappa shape index (κ1) is 13.5. The average Bonchev–Trinajstić information content (AvgIpc) is 3.19. The number of anilines is 1. The first-order chi connectivity index (χ1) is 10.4. The van der Waals surface area contributed by atoms with E-state index in [0.717, 1.165) is 17.5 Å². The van der Waals surface area contributed by atoms with Gasteiger partial charge in [0.15, 0.2) is 0 Å². The molecule has 3 nitrogen and oxygen atoms in total. The van der Waals surface area contributed by atoms with Gasteiger partial charge in [-0.05, 0) is 56.3 Å². The predicted molar refractivity (Wildman–Crippen MR) is 90.0 cm³/mol. The van der Waals surface area contributed by atoms with Gasteiger partial charge in [0, 0.05) is 17.8 Å². The van der Waals surface area contributed by atoms with Crippen LogP contribution in [0.2, 0.25) is 0 Å². The van der Waals surface area contributed by atoms with Crippen LogP contribution in [-0.2, 0) is 0 Å². The van der Waals surface area contributed by atoms with Crippen molar-refractivity contribution >= 4 is 27.2 Å². The number of nitrogens with zero attached hydrogens (tertiary/aromatic N) is 1. The average molecular weight is 301 g/mol. The van der Waals surface area contributed by atoms with Gasteiger partial charge in [0.2, 0.25) is 0 Å². The van der Waals surface area contributed by atoms with Crippen molar-refractivity contribution in [3.63, 3.8) is 0 Å². The molecular weight excluding hydrogens is 278 g/mol. The summed E-state index contributed by atoms with van der Waals surface area (Å²) in [5, 5.41) is 7.55. The molecule has 4 rings (SSSR count). The molecule has 0 amide bonds. The van der Waals surface area contributed by atoms with Crippen LogP contribution in [0.5, 0.6) is 0 Å². The summed E-state index contributed by atoms with van der Waals surface area (Å²) < 4.78 is 1.28. The van der Waals surface area contributed by atoms with Gasteiger partial charge < -0.3 is 10.6 Å². The quantitative estimate of drug-likeness (QED) is 0.899. The topological polar surface area (TPSA) is 37.0 Å². The zero-order valence-corrected chi connectivity index (χ0v) is 13.2. The molecule has 1 aliphatic heterocycles. The lowest BCUT2D eigenvalue weighted by Gasteiger charge is -2.36. The molecule has 21 heavy (non-hydrogen) atoms. The zero-order valence-electron chi connectivity index (χ0n) is 12.3. The van der Waals surface area contributed by atoms with Crippen LogP contribution in [-0.4, -0.2) is 23.6 Å². The summed E-state index contributed by atoms with van der Waals surface area (Å²) in [5.41, 5.74) is 4.31. The third kappa shape index (κ3) is 2.79. The highest BCUT2D eigenvalue weighted by Crippen LogP contribution is 2.33. The second-order valence-corrected chi connectivity index (χ2v) is 7.32. The SMILES string of the molecule is c1nc2ccc(NC3CCCCC3C3CCCN3)cc2s1. The Labute approximate surface area is 130 Å². The lowest BCUT2D eigenvalue weighted by Crippen LogP contribution is -2.43. The van der Waals surface area contributed by atoms with Crippen molar-refractivity contribution in [3.8, 4) is 0 Å². The largest absolute Gasteiger partial charge is 0.382 e. The molecule has 3 atom stereocenters. The van der Waals surface area contributed by atoms with Crippen LogP contribution in [0.3, 0.4) is 0 Å². The number of hydrogen-bond acceptors (Lipinski definition) is 4. The van der Waals surface area contributed by atoms with E-state index >= 15 is 0 Å². The van der Waals surface area contributed by atoms with Gasteiger partial charge in [-0.2, -0.15) is 0 Å². The van der Waals surface area contributed by atoms with Crippen molar-refractivity contribution in [2.45, 2.75) is 50.6 Å². The molecule has 2 aromatic rings. The minimum atomic E-state index is 0.625. The van der Waals surface area contributed by atoms with E-state index in [2.05, 4.69) is 33.8 Å². The zero-order chi connectivity index (χ0) is 14.1. The lowest BCUT2D eigenvalue weighted by molar-refractivity contribution is 0.263. The number of aromatic nitrogens is 1. The van der Waals surface area contributed by atoms with Crippen molar-refractivity contribution in [1.29, 1.82) is 0 Å². The number of rotatable bonds is 3. The van der Waals surface area contributed by atoms with Gasteiger partial charge in [0.1, 0.15) is 0 Å². The Morgan fingerprint density at radius 3 is 3.00 bits per heavy atom. The number of fused-ring (bicyclic) bond motifs is 1. The summed E-state index contributed by atoms with van der Waals surface area (Å²) in [5.74, 6) is 0.790. The molecule has 1 saturated heterocycles. The van der Waals surface area contributed by atoms with Crippen LogP contribution in [0.1, 0.15) is 38.5 Å². The highest BCUT2D eigenvalue weighted by molar-refractivity contribution is 7.16. The molecule has 1 aromatic carbocycles. The second kappa shape index (κ2) is 5.93. The summed E-state index contributed by atoms with van der Waals surface area (Å²) in [6.07, 6.45) is 8.15. The Balaban J connectivity index is 1.52. The summed E-state index contributed by atoms with van der Waals surface area (Å²) in [6, 6.07) is 7.95. The van der Waals surface area contributed by atoms with E-state index in [1.807, 2.05) is 5.51 Å². The maximum Gasteiger partial charge on any atom is 0.0813 e. The number of nitrogens with one attached hydrogen (secondary N) is 2. The molecule has 1 aliphatic carbocycles. The maximum absolute atomic E-state index is 4.37. The lowest BCUT2D eigenvalue weighted by atomic mass is 9.79. The Morgan fingerprint density at radius 2 is 2.10 bits per heavy atom. The van der Waals surface area contributed by atoms with E-state index in [1.165, 1.54) is 55.5 Å². The summed E-state index contributed by atoms with van der Waals surface area (Å²) >= 11 is 1.73. The minimum Gasteiger partial charge on any atom is -0.382 e. The van der Waals surface area contributed by atoms with Crippen LogP contribution in [0.15, 0.2) is 23.7 Å². The number of thiazole rings is 1. The van der Waals surface area contributed by atoms with Gasteiger partial charge in [0.25, 0.3) is 0 Å². The van der Waals surface area contributed by atoms with Crippen molar-refractivity contribution in [3.05, 3.63) is 23.7 Å². The molecule has 3 unspecified atom stereocenters. The van der Waals surface area contributed by atoms with Crippen molar-refractivity contribution < 1.29 is 0 Å². The van der Waals surface area contributed by atoms with Crippen LogP contribution in [0.4, 0.5) is 5.69 Å². The molecule has 112 valence electrons. The van der Waals surface area contributed by atoms with Crippen LogP contribution in [0.25, 0.3) is 10.2 Å². The third-order valence-electron chi connectivity index (χ3n) is 5.12. The molecule has 2 N–H and O–H groups in total. The molecule has 2 aliphatic rings. The summed E-state index contributed by atoms with van der Waals surface area (Å²) in [4.78, 5) is 4.37. The minimum absolute atomic E-state index is 0.625. The molecule has 0 radical (unpaired) electrons. The molecule has 2 heterocycles. The Morgan fingerprint density at radius 1 is 1.14 bits per heavy atom. The van der Waals surface area contributed by atoms with Gasteiger partial charge in [0.05, 0.1) is 15.7 Å². The summed E-state index contributed by atoms with van der Waals surface area (Å²) in [7, 11) is 0. The highest BCUT2D eigenvalue weighted by atomic mass is 32.1. The van der Waals surface area contributed by atoms with Crippen molar-refractivity contribution in [2.24, 2.45) is 5.92 Å². The molecular formula is C17H23N3S. The Hall–Kier alpha value is -1.13. The first-order valence-electron chi connectivity index (χ1n) is 8.23. The van der Waals surface area contributed by atoms with Gasteiger partial charge >= 0.3 is 0 Å². The maximum atomic E-state index is 4.37. The van der Waals surface area contributed by atoms with Gasteiger partial charge in [-0.15, -0.1) is 11.3 Å².